The molecule has 0 aliphatic heterocycles. The quantitative estimate of drug-likeness (QED) is 0.293. The van der Waals surface area contributed by atoms with E-state index in [0.717, 1.165) is 66.1 Å². The van der Waals surface area contributed by atoms with E-state index in [-0.39, 0.29) is 5.82 Å². The van der Waals surface area contributed by atoms with Gasteiger partial charge in [0.05, 0.1) is 7.11 Å². The molecule has 2 aromatic carbocycles. The zero-order valence-corrected chi connectivity index (χ0v) is 19.8. The average molecular weight is 455 g/mol. The Morgan fingerprint density at radius 2 is 2.00 bits per heavy atom. The van der Waals surface area contributed by atoms with E-state index in [0.29, 0.717) is 11.8 Å². The van der Waals surface area contributed by atoms with E-state index >= 15 is 0 Å². The number of methoxy groups -OCH3 is 1. The van der Waals surface area contributed by atoms with E-state index in [2.05, 4.69) is 38.7 Å². The highest BCUT2D eigenvalue weighted by molar-refractivity contribution is 7.99. The predicted molar refractivity (Wildman–Crippen MR) is 128 cm³/mol. The van der Waals surface area contributed by atoms with E-state index < -0.39 is 0 Å². The van der Waals surface area contributed by atoms with Crippen LogP contribution in [0.25, 0.3) is 11.4 Å². The molecule has 0 radical (unpaired) electrons. The zero-order chi connectivity index (χ0) is 22.5. The van der Waals surface area contributed by atoms with Crippen molar-refractivity contribution in [1.82, 2.24) is 19.7 Å². The standard InChI is InChI=1S/C25H31FN4OS/c1-4-30(17-19-15-21(19)22-16-20(26)11-12-23(22)31-3)13-8-14-32-25-28-27-24(29(25)2)18-9-6-5-7-10-18/h5-7,9-12,16,19,21H,4,8,13-15,17H2,1-3H3. The molecular formula is C25H31FN4OS. The van der Waals surface area contributed by atoms with Crippen LogP contribution in [0.15, 0.2) is 53.7 Å². The number of aromatic nitrogens is 3. The first-order valence-corrected chi connectivity index (χ1v) is 12.2. The minimum atomic E-state index is -0.185. The Bertz CT molecular complexity index is 1030. The van der Waals surface area contributed by atoms with Gasteiger partial charge < -0.3 is 14.2 Å². The molecule has 3 aromatic rings. The first-order valence-electron chi connectivity index (χ1n) is 11.2. The van der Waals surface area contributed by atoms with Crippen LogP contribution in [0.3, 0.4) is 0 Å². The lowest BCUT2D eigenvalue weighted by Crippen LogP contribution is -2.27. The molecule has 0 N–H and O–H groups in total. The van der Waals surface area contributed by atoms with Crippen molar-refractivity contribution >= 4 is 11.8 Å². The molecule has 4 rings (SSSR count). The summed E-state index contributed by atoms with van der Waals surface area (Å²) in [4.78, 5) is 2.50. The summed E-state index contributed by atoms with van der Waals surface area (Å²) in [6, 6.07) is 15.0. The highest BCUT2D eigenvalue weighted by Gasteiger charge is 2.40. The van der Waals surface area contributed by atoms with E-state index in [1.807, 2.05) is 25.2 Å². The minimum absolute atomic E-state index is 0.185. The molecule has 1 aliphatic carbocycles. The van der Waals surface area contributed by atoms with Gasteiger partial charge >= 0.3 is 0 Å². The van der Waals surface area contributed by atoms with E-state index in [4.69, 9.17) is 4.74 Å². The van der Waals surface area contributed by atoms with Crippen LogP contribution in [-0.4, -0.2) is 52.2 Å². The molecule has 1 aliphatic rings. The summed E-state index contributed by atoms with van der Waals surface area (Å²) >= 11 is 1.76. The second-order valence-corrected chi connectivity index (χ2v) is 9.38. The summed E-state index contributed by atoms with van der Waals surface area (Å²) in [5.74, 6) is 3.50. The van der Waals surface area contributed by atoms with Crippen molar-refractivity contribution in [2.45, 2.75) is 30.8 Å². The third kappa shape index (κ3) is 5.33. The van der Waals surface area contributed by atoms with Gasteiger partial charge in [0.2, 0.25) is 0 Å². The van der Waals surface area contributed by atoms with Crippen molar-refractivity contribution < 1.29 is 9.13 Å². The molecule has 7 heteroatoms. The maximum Gasteiger partial charge on any atom is 0.191 e. The zero-order valence-electron chi connectivity index (χ0n) is 19.0. The fourth-order valence-electron chi connectivity index (χ4n) is 4.27. The van der Waals surface area contributed by atoms with Gasteiger partial charge in [-0.25, -0.2) is 4.39 Å². The third-order valence-electron chi connectivity index (χ3n) is 6.17. The van der Waals surface area contributed by atoms with Crippen molar-refractivity contribution in [2.24, 2.45) is 13.0 Å². The van der Waals surface area contributed by atoms with Crippen molar-refractivity contribution in [1.29, 1.82) is 0 Å². The van der Waals surface area contributed by atoms with Crippen LogP contribution < -0.4 is 4.74 Å². The Balaban J connectivity index is 1.24. The van der Waals surface area contributed by atoms with Crippen molar-refractivity contribution in [3.8, 4) is 17.1 Å². The lowest BCUT2D eigenvalue weighted by atomic mass is 10.1. The van der Waals surface area contributed by atoms with Crippen LogP contribution in [0.2, 0.25) is 0 Å². The van der Waals surface area contributed by atoms with Crippen LogP contribution in [0.5, 0.6) is 5.75 Å². The molecule has 2 atom stereocenters. The molecule has 32 heavy (non-hydrogen) atoms. The molecule has 5 nitrogen and oxygen atoms in total. The first kappa shape index (κ1) is 22.8. The Kier molecular flexibility index (Phi) is 7.48. The van der Waals surface area contributed by atoms with E-state index in [1.165, 1.54) is 6.07 Å². The number of thioether (sulfide) groups is 1. The lowest BCUT2D eigenvalue weighted by molar-refractivity contribution is 0.275. The molecule has 0 saturated heterocycles. The van der Waals surface area contributed by atoms with Gasteiger partial charge in [-0.05, 0) is 56.0 Å². The molecule has 2 unspecified atom stereocenters. The average Bonchev–Trinajstić information content (AvgIpc) is 3.49. The molecule has 1 saturated carbocycles. The van der Waals surface area contributed by atoms with Crippen molar-refractivity contribution in [3.63, 3.8) is 0 Å². The summed E-state index contributed by atoms with van der Waals surface area (Å²) in [5.41, 5.74) is 2.10. The van der Waals surface area contributed by atoms with Crippen LogP contribution >= 0.6 is 11.8 Å². The van der Waals surface area contributed by atoms with Gasteiger partial charge in [-0.1, -0.05) is 49.0 Å². The largest absolute Gasteiger partial charge is 0.496 e. The minimum Gasteiger partial charge on any atom is -0.496 e. The van der Waals surface area contributed by atoms with Gasteiger partial charge in [0.1, 0.15) is 11.6 Å². The number of hydrogen-bond donors (Lipinski definition) is 0. The van der Waals surface area contributed by atoms with Crippen LogP contribution in [0.4, 0.5) is 4.39 Å². The Hall–Kier alpha value is -2.38. The molecule has 1 aromatic heterocycles. The van der Waals surface area contributed by atoms with Crippen molar-refractivity contribution in [3.05, 3.63) is 59.9 Å². The van der Waals surface area contributed by atoms with Gasteiger partial charge in [0, 0.05) is 30.5 Å². The van der Waals surface area contributed by atoms with Gasteiger partial charge in [-0.2, -0.15) is 0 Å². The first-order chi connectivity index (χ1) is 15.6. The molecule has 0 spiro atoms. The Labute approximate surface area is 194 Å². The maximum absolute atomic E-state index is 13.7. The smallest absolute Gasteiger partial charge is 0.191 e. The molecular weight excluding hydrogens is 423 g/mol. The number of halogens is 1. The van der Waals surface area contributed by atoms with Crippen LogP contribution in [-0.2, 0) is 7.05 Å². The highest BCUT2D eigenvalue weighted by atomic mass is 32.2. The van der Waals surface area contributed by atoms with Gasteiger partial charge in [0.15, 0.2) is 11.0 Å². The van der Waals surface area contributed by atoms with Crippen molar-refractivity contribution in [2.75, 3.05) is 32.5 Å². The fraction of sp³-hybridized carbons (Fsp3) is 0.440. The second kappa shape index (κ2) is 10.5. The summed E-state index contributed by atoms with van der Waals surface area (Å²) in [7, 11) is 3.68. The normalized spacial score (nSPS) is 17.7. The summed E-state index contributed by atoms with van der Waals surface area (Å²) in [6.45, 7) is 5.34. The number of rotatable bonds is 11. The monoisotopic (exact) mass is 454 g/mol. The summed E-state index contributed by atoms with van der Waals surface area (Å²) in [6.07, 6.45) is 2.19. The number of nitrogens with zero attached hydrogens (tertiary/aromatic N) is 4. The Morgan fingerprint density at radius 1 is 1.19 bits per heavy atom. The SMILES string of the molecule is CCN(CCCSc1nnc(-c2ccccc2)n1C)CC1CC1c1cc(F)ccc1OC. The van der Waals surface area contributed by atoms with Crippen LogP contribution in [0.1, 0.15) is 31.2 Å². The molecule has 0 bridgehead atoms. The Morgan fingerprint density at radius 3 is 2.75 bits per heavy atom. The van der Waals surface area contributed by atoms with Gasteiger partial charge in [0.25, 0.3) is 0 Å². The number of ether oxygens (including phenoxy) is 1. The van der Waals surface area contributed by atoms with Crippen LogP contribution in [0, 0.1) is 11.7 Å². The molecule has 0 amide bonds. The topological polar surface area (TPSA) is 43.2 Å². The third-order valence-corrected chi connectivity index (χ3v) is 7.28. The van der Waals surface area contributed by atoms with Gasteiger partial charge in [-0.15, -0.1) is 10.2 Å². The highest BCUT2D eigenvalue weighted by Crippen LogP contribution is 2.50. The maximum atomic E-state index is 13.7. The molecule has 1 heterocycles. The second-order valence-electron chi connectivity index (χ2n) is 8.32. The summed E-state index contributed by atoms with van der Waals surface area (Å²) in [5, 5.41) is 9.69. The van der Waals surface area contributed by atoms with E-state index in [1.54, 1.807) is 31.0 Å². The summed E-state index contributed by atoms with van der Waals surface area (Å²) < 4.78 is 21.2. The predicted octanol–water partition coefficient (Wildman–Crippen LogP) is 5.24. The van der Waals surface area contributed by atoms with E-state index in [9.17, 15) is 4.39 Å². The fourth-order valence-corrected chi connectivity index (χ4v) is 5.10. The number of benzene rings is 2. The lowest BCUT2D eigenvalue weighted by Gasteiger charge is -2.20. The molecule has 1 fully saturated rings. The number of hydrogen-bond acceptors (Lipinski definition) is 5. The molecule has 170 valence electrons. The van der Waals surface area contributed by atoms with Gasteiger partial charge in [-0.3, -0.25) is 0 Å².